The maximum absolute atomic E-state index is 6.67. The molecular weight excluding hydrogens is 717 g/mol. The molecule has 1 aliphatic rings. The Morgan fingerprint density at radius 2 is 1.14 bits per heavy atom. The molecule has 0 aliphatic carbocycles. The van der Waals surface area contributed by atoms with Crippen LogP contribution in [0.5, 0.6) is 0 Å². The highest BCUT2D eigenvalue weighted by molar-refractivity contribution is 7.25. The zero-order chi connectivity index (χ0) is 37.5. The number of rotatable bonds is 5. The maximum Gasteiger partial charge on any atom is 0.159 e. The number of nitrogens with zero attached hydrogens (tertiary/aromatic N) is 3. The number of fused-ring (bicyclic) bond motifs is 9. The Balaban J connectivity index is 0.958. The normalized spacial score (nSPS) is 14.5. The predicted molar refractivity (Wildman–Crippen MR) is 238 cm³/mol. The Hall–Kier alpha value is -7.28. The number of amidine groups is 2. The van der Waals surface area contributed by atoms with E-state index in [9.17, 15) is 0 Å². The summed E-state index contributed by atoms with van der Waals surface area (Å²) in [6.45, 7) is 0. The van der Waals surface area contributed by atoms with Gasteiger partial charge in [0.1, 0.15) is 23.2 Å². The summed E-state index contributed by atoms with van der Waals surface area (Å²) in [6, 6.07) is 64.3. The second kappa shape index (κ2) is 12.6. The number of hydrogen-bond acceptors (Lipinski definition) is 5. The zero-order valence-electron chi connectivity index (χ0n) is 30.6. The summed E-state index contributed by atoms with van der Waals surface area (Å²) in [4.78, 5) is 10.2. The van der Waals surface area contributed by atoms with E-state index in [2.05, 4.69) is 155 Å². The van der Waals surface area contributed by atoms with Crippen LogP contribution in [0.4, 0.5) is 0 Å². The van der Waals surface area contributed by atoms with Crippen molar-refractivity contribution in [2.24, 2.45) is 9.98 Å². The lowest BCUT2D eigenvalue weighted by Crippen LogP contribution is -2.33. The molecule has 0 saturated heterocycles. The number of furan rings is 1. The first-order valence-electron chi connectivity index (χ1n) is 19.2. The van der Waals surface area contributed by atoms with Crippen LogP contribution in [0.3, 0.4) is 0 Å². The van der Waals surface area contributed by atoms with E-state index in [0.29, 0.717) is 0 Å². The first-order valence-corrected chi connectivity index (χ1v) is 20.0. The fourth-order valence-electron chi connectivity index (χ4n) is 8.62. The molecule has 4 heterocycles. The van der Waals surface area contributed by atoms with Crippen molar-refractivity contribution >= 4 is 86.9 Å². The van der Waals surface area contributed by atoms with Crippen LogP contribution in [-0.4, -0.2) is 16.2 Å². The molecule has 0 fully saturated rings. The van der Waals surface area contributed by atoms with E-state index in [0.717, 1.165) is 67.1 Å². The Labute approximate surface area is 331 Å². The van der Waals surface area contributed by atoms with Crippen molar-refractivity contribution in [1.82, 2.24) is 9.88 Å². The van der Waals surface area contributed by atoms with Crippen molar-refractivity contribution in [3.8, 4) is 16.8 Å². The van der Waals surface area contributed by atoms with E-state index in [4.69, 9.17) is 14.4 Å². The highest BCUT2D eigenvalue weighted by Crippen LogP contribution is 2.42. The van der Waals surface area contributed by atoms with Gasteiger partial charge in [0.25, 0.3) is 0 Å². The number of aromatic nitrogens is 1. The SMILES string of the molecule is c1ccc(C2=NC(c3cccc4sc5ccc(-c6ccc7c(c6)oc6cc(-n8c9ccccc9c9ccccc98)ccc67)cc5c34)NC(c3ccccc3)=N2)cc1. The predicted octanol–water partition coefficient (Wildman–Crippen LogP) is 13.2. The summed E-state index contributed by atoms with van der Waals surface area (Å²) in [5.41, 5.74) is 10.6. The van der Waals surface area contributed by atoms with Gasteiger partial charge in [-0.1, -0.05) is 121 Å². The van der Waals surface area contributed by atoms with E-state index >= 15 is 0 Å². The van der Waals surface area contributed by atoms with Crippen LogP contribution < -0.4 is 5.32 Å². The van der Waals surface area contributed by atoms with Crippen LogP contribution in [-0.2, 0) is 0 Å². The quantitative estimate of drug-likeness (QED) is 0.191. The van der Waals surface area contributed by atoms with E-state index in [1.807, 2.05) is 47.7 Å². The fourth-order valence-corrected chi connectivity index (χ4v) is 9.74. The molecule has 1 atom stereocenters. The highest BCUT2D eigenvalue weighted by atomic mass is 32.1. The average molecular weight is 749 g/mol. The van der Waals surface area contributed by atoms with Crippen LogP contribution in [0.1, 0.15) is 22.9 Å². The van der Waals surface area contributed by atoms with Crippen LogP contribution in [0.2, 0.25) is 0 Å². The smallest absolute Gasteiger partial charge is 0.159 e. The zero-order valence-corrected chi connectivity index (χ0v) is 31.4. The van der Waals surface area contributed by atoms with Gasteiger partial charge in [-0.2, -0.15) is 0 Å². The molecule has 1 aliphatic heterocycles. The summed E-state index contributed by atoms with van der Waals surface area (Å²) in [5.74, 6) is 1.53. The summed E-state index contributed by atoms with van der Waals surface area (Å²) >= 11 is 1.82. The van der Waals surface area contributed by atoms with Gasteiger partial charge >= 0.3 is 0 Å². The Kier molecular flexibility index (Phi) is 7.09. The van der Waals surface area contributed by atoms with Crippen molar-refractivity contribution in [3.05, 3.63) is 199 Å². The molecule has 0 bridgehead atoms. The monoisotopic (exact) mass is 748 g/mol. The Bertz CT molecular complexity index is 3390. The van der Waals surface area contributed by atoms with Gasteiger partial charge in [0.05, 0.1) is 11.0 Å². The lowest BCUT2D eigenvalue weighted by molar-refractivity contribution is 0.669. The summed E-state index contributed by atoms with van der Waals surface area (Å²) in [6.07, 6.45) is -0.322. The lowest BCUT2D eigenvalue weighted by atomic mass is 9.98. The number of aliphatic imine (C=N–C) groups is 2. The van der Waals surface area contributed by atoms with Crippen LogP contribution in [0.25, 0.3) is 80.7 Å². The van der Waals surface area contributed by atoms with Gasteiger partial charge in [-0.3, -0.25) is 0 Å². The van der Waals surface area contributed by atoms with E-state index in [-0.39, 0.29) is 6.17 Å². The van der Waals surface area contributed by atoms with Crippen molar-refractivity contribution in [2.75, 3.05) is 0 Å². The molecule has 11 aromatic rings. The van der Waals surface area contributed by atoms with Crippen molar-refractivity contribution < 1.29 is 4.42 Å². The largest absolute Gasteiger partial charge is 0.456 e. The van der Waals surface area contributed by atoms with Gasteiger partial charge in [-0.05, 0) is 65.7 Å². The van der Waals surface area contributed by atoms with E-state index in [1.165, 1.54) is 42.0 Å². The number of thiophene rings is 1. The third-order valence-corrected chi connectivity index (χ3v) is 12.4. The molecule has 12 rings (SSSR count). The van der Waals surface area contributed by atoms with Crippen LogP contribution >= 0.6 is 11.3 Å². The molecule has 6 heteroatoms. The van der Waals surface area contributed by atoms with E-state index < -0.39 is 0 Å². The van der Waals surface area contributed by atoms with Gasteiger partial charge in [-0.25, -0.2) is 9.98 Å². The minimum absolute atomic E-state index is 0.322. The highest BCUT2D eigenvalue weighted by Gasteiger charge is 2.24. The maximum atomic E-state index is 6.67. The molecule has 0 radical (unpaired) electrons. The third kappa shape index (κ3) is 5.15. The molecule has 5 nitrogen and oxygen atoms in total. The van der Waals surface area contributed by atoms with Gasteiger partial charge in [0.15, 0.2) is 5.84 Å². The number of hydrogen-bond donors (Lipinski definition) is 1. The molecule has 268 valence electrons. The average Bonchev–Trinajstić information content (AvgIpc) is 3.95. The first kappa shape index (κ1) is 32.0. The van der Waals surface area contributed by atoms with Crippen LogP contribution in [0.15, 0.2) is 196 Å². The van der Waals surface area contributed by atoms with Gasteiger partial charge in [0, 0.05) is 70.2 Å². The van der Waals surface area contributed by atoms with Crippen molar-refractivity contribution in [1.29, 1.82) is 0 Å². The van der Waals surface area contributed by atoms with Crippen molar-refractivity contribution in [3.63, 3.8) is 0 Å². The molecule has 0 spiro atoms. The fraction of sp³-hybridized carbons (Fsp3) is 0.0196. The lowest BCUT2D eigenvalue weighted by Gasteiger charge is -2.24. The summed E-state index contributed by atoms with van der Waals surface area (Å²) in [5, 5.41) is 10.8. The topological polar surface area (TPSA) is 54.8 Å². The molecular formula is C51H32N4OS. The minimum atomic E-state index is -0.322. The van der Waals surface area contributed by atoms with Gasteiger partial charge in [0.2, 0.25) is 0 Å². The second-order valence-electron chi connectivity index (χ2n) is 14.6. The Morgan fingerprint density at radius 1 is 0.491 bits per heavy atom. The molecule has 0 saturated carbocycles. The second-order valence-corrected chi connectivity index (χ2v) is 15.7. The number of nitrogens with one attached hydrogen (secondary N) is 1. The molecule has 8 aromatic carbocycles. The Morgan fingerprint density at radius 3 is 1.91 bits per heavy atom. The standard InChI is InChI=1S/C51H32N4OS/c1-3-12-31(13-4-1)49-52-50(32-14-5-2-6-15-32)54-51(53-49)40-18-11-21-47-48(40)41-28-33(23-27-46(41)57-47)34-22-25-38-39-26-24-35(30-45(39)56-44(38)29-34)55-42-19-9-7-16-36(42)37-17-8-10-20-43(37)55/h1-30,51H,(H,52,53,54). The minimum Gasteiger partial charge on any atom is -0.456 e. The number of para-hydroxylation sites is 2. The molecule has 3 aromatic heterocycles. The van der Waals surface area contributed by atoms with Crippen molar-refractivity contribution in [2.45, 2.75) is 6.17 Å². The summed E-state index contributed by atoms with van der Waals surface area (Å²) < 4.78 is 11.5. The van der Waals surface area contributed by atoms with Gasteiger partial charge in [-0.15, -0.1) is 11.3 Å². The van der Waals surface area contributed by atoms with Gasteiger partial charge < -0.3 is 14.3 Å². The molecule has 0 amide bonds. The van der Waals surface area contributed by atoms with E-state index in [1.54, 1.807) is 0 Å². The summed E-state index contributed by atoms with van der Waals surface area (Å²) in [7, 11) is 0. The molecule has 1 N–H and O–H groups in total. The molecule has 57 heavy (non-hydrogen) atoms. The molecule has 1 unspecified atom stereocenters. The van der Waals surface area contributed by atoms with Crippen LogP contribution in [0, 0.1) is 0 Å². The number of benzene rings is 8. The third-order valence-electron chi connectivity index (χ3n) is 11.3. The first-order chi connectivity index (χ1) is 28.2.